The first-order valence-electron chi connectivity index (χ1n) is 5.93. The number of hydrogen-bond donors (Lipinski definition) is 1. The van der Waals surface area contributed by atoms with Gasteiger partial charge in [-0.2, -0.15) is 0 Å². The van der Waals surface area contributed by atoms with Crippen molar-refractivity contribution in [1.82, 2.24) is 9.38 Å². The first-order valence-corrected chi connectivity index (χ1v) is 7.65. The van der Waals surface area contributed by atoms with Crippen LogP contribution >= 0.6 is 0 Å². The van der Waals surface area contributed by atoms with Crippen molar-refractivity contribution < 1.29 is 13.5 Å². The van der Waals surface area contributed by atoms with Crippen molar-refractivity contribution in [2.24, 2.45) is 0 Å². The van der Waals surface area contributed by atoms with Crippen LogP contribution in [0.3, 0.4) is 0 Å². The average Bonchev–Trinajstić information content (AvgIpc) is 2.86. The van der Waals surface area contributed by atoms with E-state index in [0.717, 1.165) is 6.42 Å². The summed E-state index contributed by atoms with van der Waals surface area (Å²) in [6.45, 7) is 0. The Bertz CT molecular complexity index is 690. The lowest BCUT2D eigenvalue weighted by molar-refractivity contribution is 0.479. The maximum atomic E-state index is 11.8. The van der Waals surface area contributed by atoms with Crippen LogP contribution in [0.15, 0.2) is 24.5 Å². The molecule has 0 aliphatic carbocycles. The summed E-state index contributed by atoms with van der Waals surface area (Å²) < 4.78 is 25.4. The molecule has 0 saturated carbocycles. The second-order valence-electron chi connectivity index (χ2n) is 4.66. The number of rotatable bonds is 2. The molecule has 1 aliphatic heterocycles. The Morgan fingerprint density at radius 1 is 1.50 bits per heavy atom. The second kappa shape index (κ2) is 3.98. The minimum atomic E-state index is -2.96. The molecule has 1 atom stereocenters. The average molecular weight is 266 g/mol. The molecule has 0 spiro atoms. The van der Waals surface area contributed by atoms with Gasteiger partial charge in [0.05, 0.1) is 17.2 Å². The number of hydrogen-bond acceptors (Lipinski definition) is 4. The lowest BCUT2D eigenvalue weighted by Gasteiger charge is -2.08. The Morgan fingerprint density at radius 3 is 3.06 bits per heavy atom. The third-order valence-electron chi connectivity index (χ3n) is 3.50. The molecule has 1 unspecified atom stereocenters. The molecule has 1 N–H and O–H groups in total. The van der Waals surface area contributed by atoms with Crippen LogP contribution in [0, 0.1) is 0 Å². The fraction of sp³-hybridized carbons (Fsp3) is 0.417. The van der Waals surface area contributed by atoms with Crippen molar-refractivity contribution in [1.29, 1.82) is 0 Å². The van der Waals surface area contributed by atoms with Crippen molar-refractivity contribution in [3.63, 3.8) is 0 Å². The highest BCUT2D eigenvalue weighted by molar-refractivity contribution is 7.92. The standard InChI is InChI=1S/C12H14N2O3S/c15-11-4-1-5-14-10(11)8-13-12(14)7-9-3-2-6-18(9,16)17/h1,4-5,8-9,15H,2-3,6-7H2. The summed E-state index contributed by atoms with van der Waals surface area (Å²) in [7, 11) is -2.96. The van der Waals surface area contributed by atoms with E-state index in [1.807, 2.05) is 0 Å². The fourth-order valence-electron chi connectivity index (χ4n) is 2.50. The molecule has 6 heteroatoms. The van der Waals surface area contributed by atoms with E-state index in [2.05, 4.69) is 4.98 Å². The zero-order valence-corrected chi connectivity index (χ0v) is 10.6. The van der Waals surface area contributed by atoms with Crippen LogP contribution in [0.5, 0.6) is 5.75 Å². The third-order valence-corrected chi connectivity index (χ3v) is 5.77. The summed E-state index contributed by atoms with van der Waals surface area (Å²) in [6.07, 6.45) is 5.22. The Labute approximate surface area is 105 Å². The van der Waals surface area contributed by atoms with Crippen molar-refractivity contribution in [3.8, 4) is 5.75 Å². The second-order valence-corrected chi connectivity index (χ2v) is 7.06. The highest BCUT2D eigenvalue weighted by atomic mass is 32.2. The summed E-state index contributed by atoms with van der Waals surface area (Å²) in [5, 5.41) is 9.34. The molecule has 0 radical (unpaired) electrons. The Hall–Kier alpha value is -1.56. The van der Waals surface area contributed by atoms with Gasteiger partial charge in [0.25, 0.3) is 0 Å². The van der Waals surface area contributed by atoms with E-state index < -0.39 is 9.84 Å². The van der Waals surface area contributed by atoms with Crippen LogP contribution in [0.2, 0.25) is 0 Å². The van der Waals surface area contributed by atoms with Crippen molar-refractivity contribution in [3.05, 3.63) is 30.4 Å². The molecule has 1 aliphatic rings. The van der Waals surface area contributed by atoms with Gasteiger partial charge in [0.1, 0.15) is 17.1 Å². The topological polar surface area (TPSA) is 71.7 Å². The Morgan fingerprint density at radius 2 is 2.33 bits per heavy atom. The first kappa shape index (κ1) is 11.5. The molecule has 1 saturated heterocycles. The highest BCUT2D eigenvalue weighted by Gasteiger charge is 2.32. The first-order chi connectivity index (χ1) is 8.58. The molecule has 2 aromatic rings. The molecule has 18 heavy (non-hydrogen) atoms. The van der Waals surface area contributed by atoms with Gasteiger partial charge in [0, 0.05) is 12.6 Å². The van der Waals surface area contributed by atoms with E-state index in [-0.39, 0.29) is 16.8 Å². The van der Waals surface area contributed by atoms with E-state index >= 15 is 0 Å². The van der Waals surface area contributed by atoms with Crippen LogP contribution in [0.25, 0.3) is 5.52 Å². The summed E-state index contributed by atoms with van der Waals surface area (Å²) in [4.78, 5) is 4.22. The molecule has 2 aromatic heterocycles. The molecule has 0 aromatic carbocycles. The van der Waals surface area contributed by atoms with E-state index in [4.69, 9.17) is 0 Å². The summed E-state index contributed by atoms with van der Waals surface area (Å²) in [5.41, 5.74) is 0.614. The van der Waals surface area contributed by atoms with Crippen LogP contribution < -0.4 is 0 Å². The number of imidazole rings is 1. The molecule has 0 amide bonds. The predicted molar refractivity (Wildman–Crippen MR) is 67.4 cm³/mol. The summed E-state index contributed by atoms with van der Waals surface area (Å²) in [6, 6.07) is 3.31. The smallest absolute Gasteiger partial charge is 0.153 e. The highest BCUT2D eigenvalue weighted by Crippen LogP contribution is 2.25. The molecule has 5 nitrogen and oxygen atoms in total. The van der Waals surface area contributed by atoms with Gasteiger partial charge < -0.3 is 9.51 Å². The Balaban J connectivity index is 1.99. The zero-order valence-electron chi connectivity index (χ0n) is 9.78. The van der Waals surface area contributed by atoms with Crippen LogP contribution in [-0.4, -0.2) is 33.9 Å². The number of sulfone groups is 1. The number of nitrogens with zero attached hydrogens (tertiary/aromatic N) is 2. The predicted octanol–water partition coefficient (Wildman–Crippen LogP) is 1.16. The van der Waals surface area contributed by atoms with Gasteiger partial charge in [-0.1, -0.05) is 0 Å². The van der Waals surface area contributed by atoms with Crippen molar-refractivity contribution in [2.45, 2.75) is 24.5 Å². The maximum Gasteiger partial charge on any atom is 0.153 e. The van der Waals surface area contributed by atoms with Gasteiger partial charge in [-0.05, 0) is 25.0 Å². The molecule has 1 fully saturated rings. The van der Waals surface area contributed by atoms with Gasteiger partial charge >= 0.3 is 0 Å². The number of aromatic nitrogens is 2. The lowest BCUT2D eigenvalue weighted by Crippen LogP contribution is -2.19. The third kappa shape index (κ3) is 1.77. The summed E-state index contributed by atoms with van der Waals surface area (Å²) >= 11 is 0. The maximum absolute atomic E-state index is 11.8. The quantitative estimate of drug-likeness (QED) is 0.885. The lowest BCUT2D eigenvalue weighted by atomic mass is 10.2. The zero-order chi connectivity index (χ0) is 12.8. The van der Waals surface area contributed by atoms with Crippen molar-refractivity contribution in [2.75, 3.05) is 5.75 Å². The normalized spacial score (nSPS) is 22.6. The van der Waals surface area contributed by atoms with E-state index in [1.165, 1.54) is 0 Å². The molecule has 3 heterocycles. The Kier molecular flexibility index (Phi) is 2.55. The number of aromatic hydroxyl groups is 1. The van der Waals surface area contributed by atoms with Gasteiger partial charge in [-0.25, -0.2) is 13.4 Å². The number of fused-ring (bicyclic) bond motifs is 1. The molecule has 96 valence electrons. The van der Waals surface area contributed by atoms with Crippen molar-refractivity contribution >= 4 is 15.4 Å². The van der Waals surface area contributed by atoms with E-state index in [0.29, 0.717) is 24.2 Å². The van der Waals surface area contributed by atoms with Gasteiger partial charge in [0.15, 0.2) is 9.84 Å². The fourth-order valence-corrected chi connectivity index (χ4v) is 4.33. The van der Waals surface area contributed by atoms with Crippen LogP contribution in [0.1, 0.15) is 18.7 Å². The summed E-state index contributed by atoms with van der Waals surface area (Å²) in [5.74, 6) is 1.13. The van der Waals surface area contributed by atoms with Gasteiger partial charge in [-0.15, -0.1) is 0 Å². The molecular formula is C12H14N2O3S. The number of pyridine rings is 1. The SMILES string of the molecule is O=S1(=O)CCCC1Cc1ncc2c(O)cccn12. The van der Waals surface area contributed by atoms with E-state index in [9.17, 15) is 13.5 Å². The van der Waals surface area contributed by atoms with Gasteiger partial charge in [-0.3, -0.25) is 0 Å². The minimum absolute atomic E-state index is 0.158. The largest absolute Gasteiger partial charge is 0.506 e. The molecular weight excluding hydrogens is 252 g/mol. The van der Waals surface area contributed by atoms with Gasteiger partial charge in [0.2, 0.25) is 0 Å². The van der Waals surface area contributed by atoms with Crippen LogP contribution in [-0.2, 0) is 16.3 Å². The monoisotopic (exact) mass is 266 g/mol. The van der Waals surface area contributed by atoms with E-state index in [1.54, 1.807) is 28.9 Å². The molecule has 3 rings (SSSR count). The van der Waals surface area contributed by atoms with Crippen LogP contribution in [0.4, 0.5) is 0 Å². The molecule has 0 bridgehead atoms. The minimum Gasteiger partial charge on any atom is -0.506 e.